The van der Waals surface area contributed by atoms with Gasteiger partial charge in [-0.2, -0.15) is 13.2 Å². The number of halogens is 3. The summed E-state index contributed by atoms with van der Waals surface area (Å²) in [5, 5.41) is 2.81. The number of ether oxygens (including phenoxy) is 1. The number of alkyl halides is 3. The third-order valence-corrected chi connectivity index (χ3v) is 2.34. The zero-order valence-corrected chi connectivity index (χ0v) is 11.2. The summed E-state index contributed by atoms with van der Waals surface area (Å²) < 4.78 is 42.7. The Bertz CT molecular complexity index is 447. The molecular formula is C13H18F3N3O. The van der Waals surface area contributed by atoms with Crippen molar-refractivity contribution >= 4 is 5.96 Å². The molecule has 3 N–H and O–H groups in total. The van der Waals surface area contributed by atoms with Gasteiger partial charge in [0.05, 0.1) is 12.1 Å². The fourth-order valence-corrected chi connectivity index (χ4v) is 1.40. The highest BCUT2D eigenvalue weighted by Gasteiger charge is 2.30. The van der Waals surface area contributed by atoms with Crippen molar-refractivity contribution in [1.29, 1.82) is 0 Å². The molecular weight excluding hydrogens is 271 g/mol. The Balaban J connectivity index is 2.39. The van der Waals surface area contributed by atoms with Crippen molar-refractivity contribution in [1.82, 2.24) is 5.32 Å². The summed E-state index contributed by atoms with van der Waals surface area (Å²) in [7, 11) is 0. The van der Waals surface area contributed by atoms with E-state index in [0.29, 0.717) is 19.0 Å². The largest absolute Gasteiger partial charge is 0.492 e. The minimum absolute atomic E-state index is 0.172. The molecule has 0 heterocycles. The molecule has 0 saturated carbocycles. The van der Waals surface area contributed by atoms with E-state index in [9.17, 15) is 13.2 Å². The van der Waals surface area contributed by atoms with Gasteiger partial charge >= 0.3 is 6.18 Å². The monoisotopic (exact) mass is 289 g/mol. The van der Waals surface area contributed by atoms with E-state index in [1.54, 1.807) is 0 Å². The van der Waals surface area contributed by atoms with Crippen molar-refractivity contribution in [3.05, 3.63) is 29.8 Å². The number of hydrogen-bond donors (Lipinski definition) is 2. The predicted molar refractivity (Wildman–Crippen MR) is 71.7 cm³/mol. The van der Waals surface area contributed by atoms with Crippen molar-refractivity contribution in [2.75, 3.05) is 19.7 Å². The van der Waals surface area contributed by atoms with Crippen molar-refractivity contribution in [2.24, 2.45) is 10.7 Å². The fraction of sp³-hybridized carbons (Fsp3) is 0.462. The fourth-order valence-electron chi connectivity index (χ4n) is 1.40. The van der Waals surface area contributed by atoms with Crippen molar-refractivity contribution in [2.45, 2.75) is 19.5 Å². The van der Waals surface area contributed by atoms with E-state index in [4.69, 9.17) is 10.5 Å². The van der Waals surface area contributed by atoms with Crippen LogP contribution < -0.4 is 15.8 Å². The molecule has 1 aromatic rings. The van der Waals surface area contributed by atoms with Crippen LogP contribution >= 0.6 is 0 Å². The lowest BCUT2D eigenvalue weighted by Gasteiger charge is -2.11. The quantitative estimate of drug-likeness (QED) is 0.480. The molecule has 112 valence electrons. The smallest absolute Gasteiger partial charge is 0.416 e. The van der Waals surface area contributed by atoms with Crippen LogP contribution in [0, 0.1) is 0 Å². The van der Waals surface area contributed by atoms with Crippen LogP contribution in [0.4, 0.5) is 13.2 Å². The lowest BCUT2D eigenvalue weighted by Crippen LogP contribution is -2.34. The van der Waals surface area contributed by atoms with Crippen LogP contribution in [0.2, 0.25) is 0 Å². The number of nitrogens with zero attached hydrogens (tertiary/aromatic N) is 1. The molecule has 0 bridgehead atoms. The Morgan fingerprint density at radius 3 is 2.80 bits per heavy atom. The summed E-state index contributed by atoms with van der Waals surface area (Å²) in [6.07, 6.45) is -3.47. The number of nitrogens with two attached hydrogens (primary N) is 1. The average molecular weight is 289 g/mol. The van der Waals surface area contributed by atoms with Gasteiger partial charge in [0.2, 0.25) is 0 Å². The van der Waals surface area contributed by atoms with Crippen LogP contribution in [0.15, 0.2) is 29.3 Å². The van der Waals surface area contributed by atoms with E-state index >= 15 is 0 Å². The Morgan fingerprint density at radius 1 is 1.40 bits per heavy atom. The summed E-state index contributed by atoms with van der Waals surface area (Å²) in [6, 6.07) is 4.75. The lowest BCUT2D eigenvalue weighted by atomic mass is 10.2. The third kappa shape index (κ3) is 5.81. The molecule has 0 aliphatic carbocycles. The van der Waals surface area contributed by atoms with E-state index in [2.05, 4.69) is 10.3 Å². The van der Waals surface area contributed by atoms with Crippen LogP contribution in [0.1, 0.15) is 18.9 Å². The first kappa shape index (κ1) is 16.1. The summed E-state index contributed by atoms with van der Waals surface area (Å²) in [5.41, 5.74) is 4.83. The van der Waals surface area contributed by atoms with Crippen molar-refractivity contribution < 1.29 is 17.9 Å². The Labute approximate surface area is 115 Å². The topological polar surface area (TPSA) is 59.6 Å². The van der Waals surface area contributed by atoms with Gasteiger partial charge in [-0.15, -0.1) is 0 Å². The molecule has 0 fully saturated rings. The van der Waals surface area contributed by atoms with E-state index in [-0.39, 0.29) is 12.4 Å². The lowest BCUT2D eigenvalue weighted by molar-refractivity contribution is -0.137. The summed E-state index contributed by atoms with van der Waals surface area (Å²) in [5.74, 6) is 0.477. The van der Waals surface area contributed by atoms with E-state index < -0.39 is 11.7 Å². The van der Waals surface area contributed by atoms with Crippen LogP contribution in [0.25, 0.3) is 0 Å². The molecule has 1 aromatic carbocycles. The highest BCUT2D eigenvalue weighted by atomic mass is 19.4. The minimum atomic E-state index is -4.37. The second-order valence-corrected chi connectivity index (χ2v) is 4.07. The van der Waals surface area contributed by atoms with Crippen LogP contribution in [0.5, 0.6) is 5.75 Å². The number of benzene rings is 1. The number of nitrogens with one attached hydrogen (secondary N) is 1. The molecule has 0 radical (unpaired) electrons. The van der Waals surface area contributed by atoms with Gasteiger partial charge in [-0.3, -0.25) is 4.99 Å². The normalized spacial score (nSPS) is 12.3. The number of hydrogen-bond acceptors (Lipinski definition) is 2. The maximum absolute atomic E-state index is 12.5. The molecule has 1 rings (SSSR count). The van der Waals surface area contributed by atoms with Crippen LogP contribution in [-0.4, -0.2) is 25.7 Å². The molecule has 7 heteroatoms. The second-order valence-electron chi connectivity index (χ2n) is 4.07. The summed E-state index contributed by atoms with van der Waals surface area (Å²) in [6.45, 7) is 3.18. The third-order valence-electron chi connectivity index (χ3n) is 2.34. The average Bonchev–Trinajstić information content (AvgIpc) is 2.41. The maximum atomic E-state index is 12.5. The van der Waals surface area contributed by atoms with Crippen LogP contribution in [0.3, 0.4) is 0 Å². The van der Waals surface area contributed by atoms with Gasteiger partial charge in [0, 0.05) is 6.54 Å². The predicted octanol–water partition coefficient (Wildman–Crippen LogP) is 2.40. The van der Waals surface area contributed by atoms with Crippen LogP contribution in [-0.2, 0) is 6.18 Å². The minimum Gasteiger partial charge on any atom is -0.492 e. The van der Waals surface area contributed by atoms with E-state index in [1.807, 2.05) is 6.92 Å². The summed E-state index contributed by atoms with van der Waals surface area (Å²) >= 11 is 0. The Kier molecular flexibility index (Phi) is 6.14. The Morgan fingerprint density at radius 2 is 2.15 bits per heavy atom. The number of guanidine groups is 1. The molecule has 0 aliphatic rings. The first-order valence-corrected chi connectivity index (χ1v) is 6.27. The highest BCUT2D eigenvalue weighted by Crippen LogP contribution is 2.31. The molecule has 20 heavy (non-hydrogen) atoms. The molecule has 0 saturated heterocycles. The number of rotatable bonds is 6. The Hall–Kier alpha value is -1.92. The van der Waals surface area contributed by atoms with Crippen molar-refractivity contribution in [3.63, 3.8) is 0 Å². The zero-order valence-electron chi connectivity index (χ0n) is 11.2. The van der Waals surface area contributed by atoms with Gasteiger partial charge in [-0.05, 0) is 24.6 Å². The molecule has 0 atom stereocenters. The molecule has 0 aromatic heterocycles. The highest BCUT2D eigenvalue weighted by molar-refractivity contribution is 5.77. The second kappa shape index (κ2) is 7.62. The zero-order chi connectivity index (χ0) is 15.0. The van der Waals surface area contributed by atoms with Gasteiger partial charge in [0.25, 0.3) is 0 Å². The standard InChI is InChI=1S/C13H18F3N3O/c1-2-6-18-12(17)19-7-8-20-11-5-3-4-10(9-11)13(14,15)16/h3-5,9H,2,6-8H2,1H3,(H3,17,18,19). The number of aliphatic imine (C=N–C) groups is 1. The molecule has 0 aliphatic heterocycles. The molecule has 0 unspecified atom stereocenters. The van der Waals surface area contributed by atoms with Gasteiger partial charge in [0.15, 0.2) is 5.96 Å². The van der Waals surface area contributed by atoms with Crippen molar-refractivity contribution in [3.8, 4) is 5.75 Å². The van der Waals surface area contributed by atoms with E-state index in [1.165, 1.54) is 12.1 Å². The van der Waals surface area contributed by atoms with Gasteiger partial charge in [0.1, 0.15) is 12.4 Å². The maximum Gasteiger partial charge on any atom is 0.416 e. The molecule has 0 amide bonds. The van der Waals surface area contributed by atoms with E-state index in [0.717, 1.165) is 18.6 Å². The van der Waals surface area contributed by atoms with Gasteiger partial charge in [-0.1, -0.05) is 13.0 Å². The SMILES string of the molecule is CCCN=C(N)NCCOc1cccc(C(F)(F)F)c1. The molecule has 0 spiro atoms. The van der Waals surface area contributed by atoms with Gasteiger partial charge in [-0.25, -0.2) is 0 Å². The first-order valence-electron chi connectivity index (χ1n) is 6.27. The summed E-state index contributed by atoms with van der Waals surface area (Å²) in [4.78, 5) is 4.01. The first-order chi connectivity index (χ1) is 9.43. The molecule has 4 nitrogen and oxygen atoms in total. The van der Waals surface area contributed by atoms with Gasteiger partial charge < -0.3 is 15.8 Å².